The van der Waals surface area contributed by atoms with E-state index in [1.807, 2.05) is 24.3 Å². The summed E-state index contributed by atoms with van der Waals surface area (Å²) in [4.78, 5) is 21.6. The van der Waals surface area contributed by atoms with Gasteiger partial charge in [-0.05, 0) is 23.3 Å². The molecule has 0 aliphatic rings. The lowest BCUT2D eigenvalue weighted by molar-refractivity contribution is -0.384. The molecule has 0 aliphatic heterocycles. The van der Waals surface area contributed by atoms with E-state index in [-0.39, 0.29) is 18.0 Å². The van der Waals surface area contributed by atoms with Gasteiger partial charge in [-0.25, -0.2) is 4.79 Å². The first kappa shape index (κ1) is 16.0. The second-order valence-electron chi connectivity index (χ2n) is 4.29. The Hall–Kier alpha value is -2.41. The maximum Gasteiger partial charge on any atom is 0.514 e. The fourth-order valence-electron chi connectivity index (χ4n) is 1.73. The van der Waals surface area contributed by atoms with Gasteiger partial charge in [0.05, 0.1) is 4.92 Å². The largest absolute Gasteiger partial charge is 0.514 e. The van der Waals surface area contributed by atoms with Gasteiger partial charge in [0, 0.05) is 17.5 Å². The molecule has 2 aromatic rings. The molecule has 0 N–H and O–H groups in total. The lowest BCUT2D eigenvalue weighted by Gasteiger charge is -2.08. The number of hydrogen-bond donors (Lipinski definition) is 0. The summed E-state index contributed by atoms with van der Waals surface area (Å²) in [6, 6.07) is 12.7. The van der Waals surface area contributed by atoms with E-state index in [2.05, 4.69) is 15.9 Å². The van der Waals surface area contributed by atoms with Crippen molar-refractivity contribution in [3.8, 4) is 5.75 Å². The van der Waals surface area contributed by atoms with Gasteiger partial charge >= 0.3 is 6.16 Å². The predicted octanol–water partition coefficient (Wildman–Crippen LogP) is 4.21. The van der Waals surface area contributed by atoms with Crippen LogP contribution in [0.5, 0.6) is 5.75 Å². The molecule has 22 heavy (non-hydrogen) atoms. The number of carbonyl (C=O) groups is 1. The van der Waals surface area contributed by atoms with E-state index in [9.17, 15) is 14.9 Å². The van der Waals surface area contributed by atoms with Gasteiger partial charge in [0.2, 0.25) is 0 Å². The molecular formula is C15H12BrNO5. The van der Waals surface area contributed by atoms with Crippen molar-refractivity contribution in [2.75, 3.05) is 0 Å². The first-order valence-corrected chi connectivity index (χ1v) is 7.44. The molecule has 0 aliphatic carbocycles. The van der Waals surface area contributed by atoms with Crippen LogP contribution in [0.2, 0.25) is 0 Å². The number of nitrogens with zero attached hydrogens (tertiary/aromatic N) is 1. The van der Waals surface area contributed by atoms with E-state index < -0.39 is 11.1 Å². The van der Waals surface area contributed by atoms with Crippen molar-refractivity contribution in [1.29, 1.82) is 0 Å². The number of non-ortho nitro benzene ring substituents is 1. The zero-order valence-electron chi connectivity index (χ0n) is 11.4. The van der Waals surface area contributed by atoms with Crippen LogP contribution in [0.25, 0.3) is 0 Å². The first-order chi connectivity index (χ1) is 10.6. The molecule has 7 heteroatoms. The van der Waals surface area contributed by atoms with Gasteiger partial charge in [0.25, 0.3) is 5.69 Å². The molecule has 0 aromatic heterocycles. The van der Waals surface area contributed by atoms with Crippen molar-refractivity contribution in [2.24, 2.45) is 0 Å². The Labute approximate surface area is 134 Å². The molecule has 0 spiro atoms. The van der Waals surface area contributed by atoms with E-state index in [1.165, 1.54) is 24.3 Å². The molecule has 0 unspecified atom stereocenters. The van der Waals surface area contributed by atoms with Crippen LogP contribution in [-0.4, -0.2) is 11.1 Å². The zero-order valence-corrected chi connectivity index (χ0v) is 13.0. The fourth-order valence-corrected chi connectivity index (χ4v) is 2.27. The van der Waals surface area contributed by atoms with Gasteiger partial charge < -0.3 is 9.47 Å². The summed E-state index contributed by atoms with van der Waals surface area (Å²) in [5.74, 6) is 0.185. The minimum atomic E-state index is -0.863. The van der Waals surface area contributed by atoms with Crippen molar-refractivity contribution in [3.63, 3.8) is 0 Å². The van der Waals surface area contributed by atoms with Gasteiger partial charge in [-0.2, -0.15) is 0 Å². The maximum absolute atomic E-state index is 11.6. The van der Waals surface area contributed by atoms with Crippen LogP contribution in [0.4, 0.5) is 10.5 Å². The van der Waals surface area contributed by atoms with Gasteiger partial charge in [0.1, 0.15) is 12.4 Å². The van der Waals surface area contributed by atoms with E-state index >= 15 is 0 Å². The standard InChI is InChI=1S/C15H12BrNO5/c16-9-11-3-1-2-4-12(11)10-21-15(18)22-14-7-5-13(6-8-14)17(19)20/h1-8H,9-10H2. The first-order valence-electron chi connectivity index (χ1n) is 6.32. The van der Waals surface area contributed by atoms with Crippen LogP contribution in [0, 0.1) is 10.1 Å². The second-order valence-corrected chi connectivity index (χ2v) is 4.85. The highest BCUT2D eigenvalue weighted by atomic mass is 79.9. The number of rotatable bonds is 5. The van der Waals surface area contributed by atoms with Crippen LogP contribution in [-0.2, 0) is 16.7 Å². The number of nitro benzene ring substituents is 1. The van der Waals surface area contributed by atoms with Crippen molar-refractivity contribution < 1.29 is 19.2 Å². The maximum atomic E-state index is 11.6. The minimum absolute atomic E-state index is 0.0769. The number of halogens is 1. The number of ether oxygens (including phenoxy) is 2. The number of alkyl halides is 1. The highest BCUT2D eigenvalue weighted by Gasteiger charge is 2.10. The monoisotopic (exact) mass is 365 g/mol. The number of benzene rings is 2. The molecule has 0 bridgehead atoms. The molecule has 2 aromatic carbocycles. The summed E-state index contributed by atoms with van der Waals surface area (Å²) in [6.07, 6.45) is -0.863. The summed E-state index contributed by atoms with van der Waals surface area (Å²) >= 11 is 3.36. The smallest absolute Gasteiger partial charge is 0.429 e. The van der Waals surface area contributed by atoms with E-state index in [1.54, 1.807) is 0 Å². The van der Waals surface area contributed by atoms with Crippen LogP contribution < -0.4 is 4.74 Å². The van der Waals surface area contributed by atoms with Gasteiger partial charge in [-0.1, -0.05) is 40.2 Å². The Morgan fingerprint density at radius 2 is 1.73 bits per heavy atom. The minimum Gasteiger partial charge on any atom is -0.429 e. The quantitative estimate of drug-likeness (QED) is 0.260. The number of hydrogen-bond acceptors (Lipinski definition) is 5. The van der Waals surface area contributed by atoms with Crippen LogP contribution in [0.15, 0.2) is 48.5 Å². The summed E-state index contributed by atoms with van der Waals surface area (Å²) in [7, 11) is 0. The van der Waals surface area contributed by atoms with Gasteiger partial charge in [0.15, 0.2) is 0 Å². The van der Waals surface area contributed by atoms with Crippen LogP contribution >= 0.6 is 15.9 Å². The van der Waals surface area contributed by atoms with E-state index in [0.29, 0.717) is 5.33 Å². The molecule has 0 atom stereocenters. The molecule has 114 valence electrons. The Balaban J connectivity index is 1.91. The third kappa shape index (κ3) is 4.29. The zero-order chi connectivity index (χ0) is 15.9. The molecule has 0 radical (unpaired) electrons. The molecule has 0 saturated carbocycles. The van der Waals surface area contributed by atoms with Crippen molar-refractivity contribution in [1.82, 2.24) is 0 Å². The Morgan fingerprint density at radius 3 is 2.32 bits per heavy atom. The van der Waals surface area contributed by atoms with Crippen LogP contribution in [0.3, 0.4) is 0 Å². The molecule has 0 saturated heterocycles. The Bertz CT molecular complexity index is 672. The molecule has 0 heterocycles. The van der Waals surface area contributed by atoms with E-state index in [0.717, 1.165) is 11.1 Å². The molecule has 2 rings (SSSR count). The van der Waals surface area contributed by atoms with Gasteiger partial charge in [-0.15, -0.1) is 0 Å². The summed E-state index contributed by atoms with van der Waals surface area (Å²) in [6.45, 7) is 0.0909. The van der Waals surface area contributed by atoms with Crippen molar-refractivity contribution in [2.45, 2.75) is 11.9 Å². The third-order valence-electron chi connectivity index (χ3n) is 2.86. The highest BCUT2D eigenvalue weighted by molar-refractivity contribution is 9.08. The SMILES string of the molecule is O=C(OCc1ccccc1CBr)Oc1ccc([N+](=O)[O-])cc1. The third-order valence-corrected chi connectivity index (χ3v) is 3.46. The molecule has 0 fully saturated rings. The van der Waals surface area contributed by atoms with Crippen LogP contribution in [0.1, 0.15) is 11.1 Å². The predicted molar refractivity (Wildman–Crippen MR) is 83.0 cm³/mol. The lowest BCUT2D eigenvalue weighted by Crippen LogP contribution is -2.11. The average Bonchev–Trinajstić information content (AvgIpc) is 2.53. The molecular weight excluding hydrogens is 354 g/mol. The topological polar surface area (TPSA) is 78.7 Å². The van der Waals surface area contributed by atoms with Crippen molar-refractivity contribution in [3.05, 3.63) is 69.8 Å². The second kappa shape index (κ2) is 7.56. The van der Waals surface area contributed by atoms with Gasteiger partial charge in [-0.3, -0.25) is 10.1 Å². The normalized spacial score (nSPS) is 10.0. The summed E-state index contributed by atoms with van der Waals surface area (Å²) in [5, 5.41) is 11.2. The van der Waals surface area contributed by atoms with Crippen molar-refractivity contribution >= 4 is 27.8 Å². The molecule has 6 nitrogen and oxygen atoms in total. The van der Waals surface area contributed by atoms with E-state index in [4.69, 9.17) is 9.47 Å². The fraction of sp³-hybridized carbons (Fsp3) is 0.133. The molecule has 0 amide bonds. The lowest BCUT2D eigenvalue weighted by atomic mass is 10.1. The Kier molecular flexibility index (Phi) is 5.48. The summed E-state index contributed by atoms with van der Waals surface area (Å²) in [5.41, 5.74) is 1.82. The average molecular weight is 366 g/mol. The highest BCUT2D eigenvalue weighted by Crippen LogP contribution is 2.18. The number of carbonyl (C=O) groups excluding carboxylic acids is 1. The Morgan fingerprint density at radius 1 is 1.09 bits per heavy atom. The number of nitro groups is 1. The summed E-state index contributed by atoms with van der Waals surface area (Å²) < 4.78 is 9.99.